The van der Waals surface area contributed by atoms with Crippen LogP contribution in [-0.2, 0) is 9.53 Å². The molecule has 1 aromatic heterocycles. The Labute approximate surface area is 79.0 Å². The molecule has 0 amide bonds. The molecule has 0 aliphatic rings. The van der Waals surface area contributed by atoms with Gasteiger partial charge in [0.2, 0.25) is 5.76 Å². The second-order valence-electron chi connectivity index (χ2n) is 2.29. The molecule has 6 heteroatoms. The summed E-state index contributed by atoms with van der Waals surface area (Å²) in [7, 11) is 1.21. The molecule has 0 fully saturated rings. The highest BCUT2D eigenvalue weighted by Crippen LogP contribution is 2.16. The number of esters is 1. The Balaban J connectivity index is 2.59. The Hall–Kier alpha value is -1.98. The molecule has 1 N–H and O–H groups in total. The molecule has 0 aliphatic heterocycles. The van der Waals surface area contributed by atoms with E-state index in [0.717, 1.165) is 0 Å². The maximum Gasteiger partial charge on any atom is 0.374 e. The monoisotopic (exact) mass is 200 g/mol. The molecule has 0 saturated heterocycles. The summed E-state index contributed by atoms with van der Waals surface area (Å²) in [4.78, 5) is 21.0. The predicted molar refractivity (Wildman–Crippen MR) is 43.2 cm³/mol. The molecule has 14 heavy (non-hydrogen) atoms. The zero-order chi connectivity index (χ0) is 10.6. The predicted octanol–water partition coefficient (Wildman–Crippen LogP) is 0.530. The molecule has 0 saturated carbocycles. The number of methoxy groups -OCH3 is 1. The van der Waals surface area contributed by atoms with Gasteiger partial charge in [0, 0.05) is 6.07 Å². The topological polar surface area (TPSA) is 86.0 Å². The van der Waals surface area contributed by atoms with E-state index in [1.165, 1.54) is 19.2 Å². The Morgan fingerprint density at radius 2 is 2.21 bits per heavy atom. The van der Waals surface area contributed by atoms with Crippen LogP contribution in [0.3, 0.4) is 0 Å². The molecular weight excluding hydrogens is 192 g/mol. The van der Waals surface area contributed by atoms with E-state index in [4.69, 9.17) is 9.52 Å². The number of carbonyl (C=O) groups is 2. The maximum atomic E-state index is 10.9. The zero-order valence-electron chi connectivity index (χ0n) is 7.35. The van der Waals surface area contributed by atoms with Crippen LogP contribution in [0.15, 0.2) is 16.5 Å². The van der Waals surface area contributed by atoms with E-state index in [-0.39, 0.29) is 11.7 Å². The third-order valence-corrected chi connectivity index (χ3v) is 1.31. The van der Waals surface area contributed by atoms with E-state index >= 15 is 0 Å². The van der Waals surface area contributed by atoms with Gasteiger partial charge < -0.3 is 19.0 Å². The fraction of sp³-hybridized carbons (Fsp3) is 0.250. The summed E-state index contributed by atoms with van der Waals surface area (Å²) >= 11 is 0. The molecule has 6 nitrogen and oxygen atoms in total. The number of carbonyl (C=O) groups excluding carboxylic acids is 1. The second-order valence-corrected chi connectivity index (χ2v) is 2.29. The molecule has 0 aromatic carbocycles. The van der Waals surface area contributed by atoms with E-state index in [9.17, 15) is 9.59 Å². The largest absolute Gasteiger partial charge is 0.479 e. The van der Waals surface area contributed by atoms with Gasteiger partial charge in [-0.05, 0) is 6.07 Å². The van der Waals surface area contributed by atoms with Crippen LogP contribution in [0.5, 0.6) is 5.95 Å². The molecule has 0 radical (unpaired) electrons. The molecular formula is C8H8O6. The van der Waals surface area contributed by atoms with Crippen LogP contribution in [0.1, 0.15) is 10.6 Å². The average Bonchev–Trinajstić information content (AvgIpc) is 2.62. The van der Waals surface area contributed by atoms with E-state index in [1.807, 2.05) is 0 Å². The third kappa shape index (κ3) is 2.51. The highest BCUT2D eigenvalue weighted by atomic mass is 16.6. The fourth-order valence-corrected chi connectivity index (χ4v) is 0.741. The summed E-state index contributed by atoms with van der Waals surface area (Å²) in [6, 6.07) is 2.68. The van der Waals surface area contributed by atoms with Crippen molar-refractivity contribution in [1.82, 2.24) is 0 Å². The molecule has 76 valence electrons. The van der Waals surface area contributed by atoms with Crippen molar-refractivity contribution in [3.05, 3.63) is 17.9 Å². The van der Waals surface area contributed by atoms with Gasteiger partial charge in [0.25, 0.3) is 5.95 Å². The van der Waals surface area contributed by atoms with Crippen molar-refractivity contribution in [2.45, 2.75) is 0 Å². The summed E-state index contributed by atoms with van der Waals surface area (Å²) in [6.07, 6.45) is 0. The normalized spacial score (nSPS) is 9.50. The minimum atomic E-state index is -1.12. The van der Waals surface area contributed by atoms with E-state index in [0.29, 0.717) is 0 Å². The van der Waals surface area contributed by atoms with Gasteiger partial charge in [-0.1, -0.05) is 0 Å². The zero-order valence-corrected chi connectivity index (χ0v) is 7.35. The molecule has 1 rings (SSSR count). The Morgan fingerprint density at radius 3 is 2.79 bits per heavy atom. The molecule has 0 bridgehead atoms. The van der Waals surface area contributed by atoms with Gasteiger partial charge in [-0.2, -0.15) is 0 Å². The summed E-state index contributed by atoms with van der Waals surface area (Å²) < 4.78 is 13.9. The number of hydrogen-bond acceptors (Lipinski definition) is 5. The van der Waals surface area contributed by atoms with Gasteiger partial charge in [-0.3, -0.25) is 0 Å². The molecule has 0 aliphatic carbocycles. The van der Waals surface area contributed by atoms with Gasteiger partial charge in [-0.25, -0.2) is 9.59 Å². The number of rotatable bonds is 4. The molecule has 0 atom stereocenters. The smallest absolute Gasteiger partial charge is 0.374 e. The van der Waals surface area contributed by atoms with Crippen LogP contribution in [-0.4, -0.2) is 30.8 Å². The van der Waals surface area contributed by atoms with E-state index in [2.05, 4.69) is 9.47 Å². The van der Waals surface area contributed by atoms with E-state index in [1.54, 1.807) is 0 Å². The van der Waals surface area contributed by atoms with Gasteiger partial charge in [0.1, 0.15) is 0 Å². The fourth-order valence-electron chi connectivity index (χ4n) is 0.741. The first-order valence-corrected chi connectivity index (χ1v) is 3.66. The third-order valence-electron chi connectivity index (χ3n) is 1.31. The van der Waals surface area contributed by atoms with Crippen LogP contribution in [0.4, 0.5) is 0 Å². The summed E-state index contributed by atoms with van der Waals surface area (Å²) in [5, 5.41) is 8.28. The number of hydrogen-bond donors (Lipinski definition) is 1. The highest BCUT2D eigenvalue weighted by molar-refractivity contribution is 5.86. The van der Waals surface area contributed by atoms with Crippen LogP contribution in [0.25, 0.3) is 0 Å². The van der Waals surface area contributed by atoms with Crippen molar-refractivity contribution in [1.29, 1.82) is 0 Å². The minimum absolute atomic E-state index is 0.0344. The van der Waals surface area contributed by atoms with Gasteiger partial charge in [-0.15, -0.1) is 0 Å². The Kier molecular flexibility index (Phi) is 3.11. The van der Waals surface area contributed by atoms with Crippen LogP contribution < -0.4 is 4.74 Å². The van der Waals surface area contributed by atoms with Crippen LogP contribution in [0, 0.1) is 0 Å². The summed E-state index contributed by atoms with van der Waals surface area (Å²) in [6.45, 7) is -0.520. The number of furan rings is 1. The van der Waals surface area contributed by atoms with E-state index < -0.39 is 18.5 Å². The quantitative estimate of drug-likeness (QED) is 0.713. The molecule has 0 spiro atoms. The van der Waals surface area contributed by atoms with Crippen molar-refractivity contribution < 1.29 is 28.6 Å². The highest BCUT2D eigenvalue weighted by Gasteiger charge is 2.12. The first-order valence-electron chi connectivity index (χ1n) is 3.66. The average molecular weight is 200 g/mol. The van der Waals surface area contributed by atoms with Crippen molar-refractivity contribution in [3.8, 4) is 5.95 Å². The lowest BCUT2D eigenvalue weighted by Crippen LogP contribution is -2.08. The van der Waals surface area contributed by atoms with Gasteiger partial charge in [0.05, 0.1) is 7.11 Å². The lowest BCUT2D eigenvalue weighted by atomic mass is 10.5. The first kappa shape index (κ1) is 10.1. The lowest BCUT2D eigenvalue weighted by Gasteiger charge is -1.96. The van der Waals surface area contributed by atoms with Crippen LogP contribution in [0.2, 0.25) is 0 Å². The van der Waals surface area contributed by atoms with Crippen molar-refractivity contribution in [3.63, 3.8) is 0 Å². The number of ether oxygens (including phenoxy) is 2. The summed E-state index contributed by atoms with van der Waals surface area (Å²) in [5.41, 5.74) is 0. The number of carboxylic acid groups (broad SMARTS) is 1. The Bertz CT molecular complexity index is 339. The minimum Gasteiger partial charge on any atom is -0.479 e. The van der Waals surface area contributed by atoms with Crippen LogP contribution >= 0.6 is 0 Å². The lowest BCUT2D eigenvalue weighted by molar-refractivity contribution is -0.139. The van der Waals surface area contributed by atoms with Crippen molar-refractivity contribution in [2.75, 3.05) is 13.7 Å². The van der Waals surface area contributed by atoms with Gasteiger partial charge in [0.15, 0.2) is 6.61 Å². The molecule has 1 aromatic rings. The maximum absolute atomic E-state index is 10.9. The standard InChI is InChI=1S/C8H8O6/c1-12-8(11)5-2-3-7(14-5)13-4-6(9)10/h2-3H,4H2,1H3,(H,9,10). The van der Waals surface area contributed by atoms with Gasteiger partial charge >= 0.3 is 11.9 Å². The Morgan fingerprint density at radius 1 is 1.50 bits per heavy atom. The van der Waals surface area contributed by atoms with Crippen molar-refractivity contribution in [2.24, 2.45) is 0 Å². The molecule has 0 unspecified atom stereocenters. The molecule has 1 heterocycles. The second kappa shape index (κ2) is 4.31. The number of aliphatic carboxylic acids is 1. The number of carboxylic acids is 1. The first-order chi connectivity index (χ1) is 6.63. The van der Waals surface area contributed by atoms with Crippen molar-refractivity contribution >= 4 is 11.9 Å². The SMILES string of the molecule is COC(=O)c1ccc(OCC(=O)O)o1. The summed E-state index contributed by atoms with van der Waals surface area (Å²) in [5.74, 6) is -1.84.